The Hall–Kier alpha value is -4.38. The zero-order valence-corrected chi connectivity index (χ0v) is 23.7. The summed E-state index contributed by atoms with van der Waals surface area (Å²) in [5, 5.41) is 45.9. The van der Waals surface area contributed by atoms with E-state index in [2.05, 4.69) is 21.3 Å². The second-order valence-corrected chi connectivity index (χ2v) is 10.2. The number of carbonyl (C=O) groups is 7. The molecule has 10 N–H and O–H groups in total. The van der Waals surface area contributed by atoms with Crippen molar-refractivity contribution in [1.82, 2.24) is 21.3 Å². The average Bonchev–Trinajstić information content (AvgIpc) is 2.90. The van der Waals surface area contributed by atoms with Crippen molar-refractivity contribution in [3.63, 3.8) is 0 Å². The predicted molar refractivity (Wildman–Crippen MR) is 148 cm³/mol. The van der Waals surface area contributed by atoms with E-state index < -0.39 is 84.6 Å². The van der Waals surface area contributed by atoms with E-state index in [-0.39, 0.29) is 18.6 Å². The minimum Gasteiger partial charge on any atom is -0.508 e. The highest BCUT2D eigenvalue weighted by atomic mass is 32.2. The third-order valence-electron chi connectivity index (χ3n) is 5.73. The lowest BCUT2D eigenvalue weighted by molar-refractivity contribution is -0.147. The fourth-order valence-corrected chi connectivity index (χ4v) is 3.94. The summed E-state index contributed by atoms with van der Waals surface area (Å²) in [6.07, 6.45) is 0.0497. The molecule has 1 aromatic rings. The Morgan fingerprint density at radius 3 is 1.81 bits per heavy atom. The topological polar surface area (TPSA) is 275 Å². The monoisotopic (exact) mass is 613 g/mol. The van der Waals surface area contributed by atoms with Crippen LogP contribution in [0.4, 0.5) is 0 Å². The lowest BCUT2D eigenvalue weighted by Crippen LogP contribution is -2.58. The van der Waals surface area contributed by atoms with E-state index in [9.17, 15) is 43.8 Å². The standard InChI is InChI=1S/C25H35N5O11S/c1-12(27-22(37)15(26)10-19(32)33)21(36)29-17(9-13-3-5-14(31)6-4-13)24(39)28-16(7-8-42-2)23(38)30-18(25(40)41)11-20(34)35/h3-6,12,15-18,31H,7-11,26H2,1-2H3,(H,27,37)(H,28,39)(H,29,36)(H,30,38)(H,32,33)(H,34,35)(H,40,41)/t12-,15-,16-,17-,18-/m0/s1. The molecule has 232 valence electrons. The predicted octanol–water partition coefficient (Wildman–Crippen LogP) is -1.99. The van der Waals surface area contributed by atoms with Gasteiger partial charge in [-0.25, -0.2) is 4.79 Å². The van der Waals surface area contributed by atoms with Crippen molar-refractivity contribution in [2.24, 2.45) is 5.73 Å². The van der Waals surface area contributed by atoms with E-state index in [1.165, 1.54) is 43.0 Å². The van der Waals surface area contributed by atoms with Gasteiger partial charge in [-0.3, -0.25) is 28.8 Å². The van der Waals surface area contributed by atoms with Gasteiger partial charge >= 0.3 is 17.9 Å². The first-order valence-corrected chi connectivity index (χ1v) is 13.9. The molecule has 42 heavy (non-hydrogen) atoms. The minimum atomic E-state index is -1.76. The highest BCUT2D eigenvalue weighted by Gasteiger charge is 2.31. The normalized spacial score (nSPS) is 14.3. The Balaban J connectivity index is 3.15. The van der Waals surface area contributed by atoms with Crippen molar-refractivity contribution >= 4 is 53.3 Å². The number of aromatic hydroxyl groups is 1. The molecule has 0 unspecified atom stereocenters. The summed E-state index contributed by atoms with van der Waals surface area (Å²) in [5.74, 6) is -7.64. The number of carboxylic acid groups (broad SMARTS) is 3. The van der Waals surface area contributed by atoms with E-state index in [1.54, 1.807) is 6.26 Å². The number of hydrogen-bond acceptors (Lipinski definition) is 10. The Bertz CT molecular complexity index is 1150. The van der Waals surface area contributed by atoms with Gasteiger partial charge < -0.3 is 47.4 Å². The molecule has 0 aliphatic heterocycles. The molecule has 0 fully saturated rings. The quantitative estimate of drug-likeness (QED) is 0.0868. The van der Waals surface area contributed by atoms with Gasteiger partial charge in [0.2, 0.25) is 23.6 Å². The third kappa shape index (κ3) is 12.9. The molecule has 0 spiro atoms. The Kier molecular flexibility index (Phi) is 14.8. The molecule has 17 heteroatoms. The molecule has 16 nitrogen and oxygen atoms in total. The highest BCUT2D eigenvalue weighted by Crippen LogP contribution is 2.12. The molecule has 1 aromatic carbocycles. The van der Waals surface area contributed by atoms with Gasteiger partial charge in [0.15, 0.2) is 0 Å². The maximum Gasteiger partial charge on any atom is 0.326 e. The van der Waals surface area contributed by atoms with Gasteiger partial charge in [-0.15, -0.1) is 0 Å². The number of nitrogens with one attached hydrogen (secondary N) is 4. The molecule has 0 aromatic heterocycles. The fraction of sp³-hybridized carbons (Fsp3) is 0.480. The molecule has 0 aliphatic carbocycles. The number of amides is 4. The number of phenols is 1. The van der Waals surface area contributed by atoms with Crippen molar-refractivity contribution < 1.29 is 54.0 Å². The van der Waals surface area contributed by atoms with Crippen LogP contribution in [-0.2, 0) is 40.0 Å². The summed E-state index contributed by atoms with van der Waals surface area (Å²) in [6, 6.07) is -1.41. The summed E-state index contributed by atoms with van der Waals surface area (Å²) >= 11 is 1.33. The second-order valence-electron chi connectivity index (χ2n) is 9.21. The maximum atomic E-state index is 13.4. The molecule has 5 atom stereocenters. The molecule has 0 aliphatic rings. The Morgan fingerprint density at radius 2 is 1.29 bits per heavy atom. The number of rotatable bonds is 18. The number of aliphatic carboxylic acids is 3. The molecule has 0 radical (unpaired) electrons. The van der Waals surface area contributed by atoms with Crippen molar-refractivity contribution in [2.75, 3.05) is 12.0 Å². The van der Waals surface area contributed by atoms with E-state index in [4.69, 9.17) is 15.9 Å². The van der Waals surface area contributed by atoms with Crippen LogP contribution in [0.2, 0.25) is 0 Å². The highest BCUT2D eigenvalue weighted by molar-refractivity contribution is 7.98. The first kappa shape index (κ1) is 35.6. The number of carbonyl (C=O) groups excluding carboxylic acids is 4. The van der Waals surface area contributed by atoms with Crippen molar-refractivity contribution in [3.8, 4) is 5.75 Å². The van der Waals surface area contributed by atoms with Crippen LogP contribution in [0.5, 0.6) is 5.75 Å². The first-order chi connectivity index (χ1) is 19.6. The van der Waals surface area contributed by atoms with E-state index in [1.807, 2.05) is 0 Å². The van der Waals surface area contributed by atoms with Crippen LogP contribution in [0, 0.1) is 0 Å². The van der Waals surface area contributed by atoms with Gasteiger partial charge in [-0.2, -0.15) is 11.8 Å². The molecule has 1 rings (SSSR count). The SMILES string of the molecule is CSCC[C@H](NC(=O)[C@H](Cc1ccc(O)cc1)NC(=O)[C@H](C)NC(=O)[C@@H](N)CC(=O)O)C(=O)N[C@@H](CC(=O)O)C(=O)O. The zero-order chi connectivity index (χ0) is 32.0. The number of thioether (sulfide) groups is 1. The molecule has 4 amide bonds. The van der Waals surface area contributed by atoms with Crippen LogP contribution in [0.25, 0.3) is 0 Å². The van der Waals surface area contributed by atoms with Crippen LogP contribution in [0.15, 0.2) is 24.3 Å². The second kappa shape index (κ2) is 17.4. The van der Waals surface area contributed by atoms with E-state index in [0.717, 1.165) is 0 Å². The number of carboxylic acids is 3. The Labute approximate surface area is 244 Å². The van der Waals surface area contributed by atoms with Crippen molar-refractivity contribution in [1.29, 1.82) is 0 Å². The lowest BCUT2D eigenvalue weighted by Gasteiger charge is -2.25. The van der Waals surface area contributed by atoms with Crippen LogP contribution in [-0.4, -0.2) is 104 Å². The molecule has 0 saturated heterocycles. The van der Waals surface area contributed by atoms with Crippen molar-refractivity contribution in [2.45, 2.75) is 62.8 Å². The largest absolute Gasteiger partial charge is 0.508 e. The molecule has 0 heterocycles. The molecule has 0 saturated carbocycles. The smallest absolute Gasteiger partial charge is 0.326 e. The fourth-order valence-electron chi connectivity index (χ4n) is 3.46. The zero-order valence-electron chi connectivity index (χ0n) is 22.9. The molecule has 0 bridgehead atoms. The van der Waals surface area contributed by atoms with Gasteiger partial charge in [0.1, 0.15) is 29.9 Å². The van der Waals surface area contributed by atoms with Crippen LogP contribution in [0.3, 0.4) is 0 Å². The third-order valence-corrected chi connectivity index (χ3v) is 6.37. The maximum absolute atomic E-state index is 13.4. The number of phenolic OH excluding ortho intramolecular Hbond substituents is 1. The van der Waals surface area contributed by atoms with Gasteiger partial charge in [-0.1, -0.05) is 12.1 Å². The minimum absolute atomic E-state index is 0.0337. The van der Waals surface area contributed by atoms with Gasteiger partial charge in [0.05, 0.1) is 18.9 Å². The van der Waals surface area contributed by atoms with Crippen LogP contribution in [0.1, 0.15) is 31.7 Å². The van der Waals surface area contributed by atoms with Crippen LogP contribution >= 0.6 is 11.8 Å². The number of benzene rings is 1. The summed E-state index contributed by atoms with van der Waals surface area (Å²) < 4.78 is 0. The Morgan fingerprint density at radius 1 is 0.762 bits per heavy atom. The number of hydrogen-bond donors (Lipinski definition) is 9. The van der Waals surface area contributed by atoms with E-state index in [0.29, 0.717) is 11.3 Å². The average molecular weight is 614 g/mol. The van der Waals surface area contributed by atoms with Crippen molar-refractivity contribution in [3.05, 3.63) is 29.8 Å². The van der Waals surface area contributed by atoms with Crippen LogP contribution < -0.4 is 27.0 Å². The summed E-state index contributed by atoms with van der Waals surface area (Å²) in [5.41, 5.74) is 6.01. The van der Waals surface area contributed by atoms with E-state index >= 15 is 0 Å². The van der Waals surface area contributed by atoms with Gasteiger partial charge in [0, 0.05) is 6.42 Å². The summed E-state index contributed by atoms with van der Waals surface area (Å²) in [6.45, 7) is 1.28. The number of nitrogens with two attached hydrogens (primary N) is 1. The summed E-state index contributed by atoms with van der Waals surface area (Å²) in [4.78, 5) is 84.5. The first-order valence-electron chi connectivity index (χ1n) is 12.5. The summed E-state index contributed by atoms with van der Waals surface area (Å²) in [7, 11) is 0. The van der Waals surface area contributed by atoms with Gasteiger partial charge in [0.25, 0.3) is 0 Å². The molecular formula is C25H35N5O11S. The van der Waals surface area contributed by atoms with Gasteiger partial charge in [-0.05, 0) is 43.0 Å². The molecular weight excluding hydrogens is 578 g/mol. The lowest BCUT2D eigenvalue weighted by atomic mass is 10.0.